The number of aliphatic carboxylic acids is 1. The van der Waals surface area contributed by atoms with Crippen molar-refractivity contribution >= 4 is 17.8 Å². The molecule has 0 aliphatic rings. The first-order chi connectivity index (χ1) is 20.4. The van der Waals surface area contributed by atoms with Crippen LogP contribution in [0.5, 0.6) is 0 Å². The fraction of sp³-hybridized carbons (Fsp3) is 0.629. The molecule has 0 rings (SSSR count). The van der Waals surface area contributed by atoms with E-state index in [-0.39, 0.29) is 18.0 Å². The van der Waals surface area contributed by atoms with Gasteiger partial charge in [-0.25, -0.2) is 4.79 Å². The fourth-order valence-corrected chi connectivity index (χ4v) is 4.12. The van der Waals surface area contributed by atoms with E-state index >= 15 is 0 Å². The van der Waals surface area contributed by atoms with Crippen LogP contribution in [0, 0.1) is 0 Å². The van der Waals surface area contributed by atoms with Crippen molar-refractivity contribution in [2.24, 2.45) is 5.73 Å². The normalized spacial score (nSPS) is 13.6. The zero-order chi connectivity index (χ0) is 31.1. The van der Waals surface area contributed by atoms with Crippen molar-refractivity contribution in [2.45, 2.75) is 135 Å². The van der Waals surface area contributed by atoms with Gasteiger partial charge in [0.2, 0.25) is 5.91 Å². The summed E-state index contributed by atoms with van der Waals surface area (Å²) in [4.78, 5) is 35.8. The monoisotopic (exact) mass is 586 g/mol. The number of esters is 1. The quantitative estimate of drug-likeness (QED) is 0.0512. The van der Waals surface area contributed by atoms with E-state index in [4.69, 9.17) is 10.5 Å². The van der Waals surface area contributed by atoms with E-state index in [0.717, 1.165) is 70.6 Å². The second-order valence-corrected chi connectivity index (χ2v) is 10.5. The highest BCUT2D eigenvalue weighted by Crippen LogP contribution is 2.13. The summed E-state index contributed by atoms with van der Waals surface area (Å²) in [6.45, 7) is 4.69. The molecule has 0 aromatic carbocycles. The first kappa shape index (κ1) is 39.1. The molecule has 0 aliphatic carbocycles. The van der Waals surface area contributed by atoms with Gasteiger partial charge in [-0.15, -0.1) is 0 Å². The second-order valence-electron chi connectivity index (χ2n) is 10.5. The number of rotatable bonds is 27. The molecule has 0 aromatic heterocycles. The maximum Gasteiger partial charge on any atom is 0.326 e. The molecule has 0 bridgehead atoms. The van der Waals surface area contributed by atoms with E-state index < -0.39 is 12.0 Å². The summed E-state index contributed by atoms with van der Waals surface area (Å²) in [5, 5.41) is 11.8. The zero-order valence-corrected chi connectivity index (χ0v) is 26.3. The minimum Gasteiger partial charge on any atom is -0.480 e. The van der Waals surface area contributed by atoms with Crippen LogP contribution in [0.1, 0.15) is 123 Å². The number of nitrogens with two attached hydrogens (primary N) is 1. The lowest BCUT2D eigenvalue weighted by atomic mass is 10.1. The first-order valence-corrected chi connectivity index (χ1v) is 16.1. The van der Waals surface area contributed by atoms with Gasteiger partial charge >= 0.3 is 11.9 Å². The molecule has 2 atom stereocenters. The van der Waals surface area contributed by atoms with Crippen molar-refractivity contribution in [3.63, 3.8) is 0 Å². The summed E-state index contributed by atoms with van der Waals surface area (Å²) in [7, 11) is 0. The molecule has 0 spiro atoms. The highest BCUT2D eigenvalue weighted by molar-refractivity contribution is 5.83. The van der Waals surface area contributed by atoms with Crippen molar-refractivity contribution in [1.82, 2.24) is 5.32 Å². The van der Waals surface area contributed by atoms with Gasteiger partial charge in [-0.3, -0.25) is 9.59 Å². The molecule has 7 heteroatoms. The van der Waals surface area contributed by atoms with Crippen LogP contribution in [0.25, 0.3) is 0 Å². The Bertz CT molecular complexity index is 844. The molecule has 0 saturated heterocycles. The number of carbonyl (C=O) groups excluding carboxylic acids is 2. The van der Waals surface area contributed by atoms with Crippen molar-refractivity contribution in [3.8, 4) is 0 Å². The largest absolute Gasteiger partial charge is 0.480 e. The average Bonchev–Trinajstić information content (AvgIpc) is 2.97. The zero-order valence-electron chi connectivity index (χ0n) is 26.3. The number of amides is 1. The van der Waals surface area contributed by atoms with Crippen LogP contribution in [0.4, 0.5) is 0 Å². The van der Waals surface area contributed by atoms with Gasteiger partial charge in [0.25, 0.3) is 0 Å². The Labute approximate surface area is 255 Å². The predicted molar refractivity (Wildman–Crippen MR) is 174 cm³/mol. The number of hydrogen-bond donors (Lipinski definition) is 3. The number of allylic oxidation sites excluding steroid dienone is 9. The number of hydrogen-bond acceptors (Lipinski definition) is 5. The minimum absolute atomic E-state index is 0.179. The first-order valence-electron chi connectivity index (χ1n) is 16.1. The van der Waals surface area contributed by atoms with E-state index in [1.807, 2.05) is 12.2 Å². The molecule has 238 valence electrons. The van der Waals surface area contributed by atoms with Crippen molar-refractivity contribution in [2.75, 3.05) is 6.54 Å². The van der Waals surface area contributed by atoms with E-state index in [2.05, 4.69) is 67.8 Å². The lowest BCUT2D eigenvalue weighted by Gasteiger charge is -2.15. The van der Waals surface area contributed by atoms with Gasteiger partial charge in [0.1, 0.15) is 12.1 Å². The third kappa shape index (κ3) is 26.0. The van der Waals surface area contributed by atoms with Gasteiger partial charge in [0.15, 0.2) is 0 Å². The second kappa shape index (κ2) is 29.6. The van der Waals surface area contributed by atoms with Gasteiger partial charge in [-0.05, 0) is 83.2 Å². The van der Waals surface area contributed by atoms with Crippen LogP contribution in [-0.4, -0.2) is 41.6 Å². The molecule has 7 nitrogen and oxygen atoms in total. The Morgan fingerprint density at radius 3 is 2.00 bits per heavy atom. The number of carboxylic acids is 1. The summed E-state index contributed by atoms with van der Waals surface area (Å²) in [6, 6.07) is -0.876. The summed E-state index contributed by atoms with van der Waals surface area (Å²) in [6.07, 6.45) is 34.4. The lowest BCUT2D eigenvalue weighted by Crippen LogP contribution is -2.40. The number of carboxylic acid groups (broad SMARTS) is 1. The number of ether oxygens (including phenoxy) is 1. The fourth-order valence-electron chi connectivity index (χ4n) is 4.12. The maximum absolute atomic E-state index is 12.4. The van der Waals surface area contributed by atoms with Crippen molar-refractivity contribution < 1.29 is 24.2 Å². The summed E-state index contributed by atoms with van der Waals surface area (Å²) in [5.41, 5.74) is 5.44. The van der Waals surface area contributed by atoms with Crippen LogP contribution >= 0.6 is 0 Å². The SMILES string of the molecule is CC/C=C\C/C=C\C/C=C\C/C=C\CCC(=O)OC(/C=C\CCCC)CCCCCCC(=O)NC(CCCN)C(=O)O. The summed E-state index contributed by atoms with van der Waals surface area (Å²) >= 11 is 0. The average molecular weight is 587 g/mol. The van der Waals surface area contributed by atoms with Gasteiger partial charge < -0.3 is 20.9 Å². The highest BCUT2D eigenvalue weighted by Gasteiger charge is 2.18. The standard InChI is InChI=1S/C35H58N2O5/c1-3-5-7-9-10-11-12-13-14-15-16-17-23-29-34(39)42-31(25-20-8-6-4-2)26-21-18-19-22-28-33(38)37-32(35(40)41)27-24-30-36/h5,7,10-11,13-14,16-17,20,25,31-32H,3-4,6,8-9,12,15,18-19,21-24,26-30,36H2,1-2H3,(H,37,38)(H,40,41)/b7-5-,11-10-,14-13-,17-16-,25-20-. The van der Waals surface area contributed by atoms with Gasteiger partial charge in [-0.2, -0.15) is 0 Å². The molecule has 0 fully saturated rings. The molecular weight excluding hydrogens is 528 g/mol. The third-order valence-electron chi connectivity index (χ3n) is 6.56. The van der Waals surface area contributed by atoms with Crippen molar-refractivity contribution in [3.05, 3.63) is 60.8 Å². The third-order valence-corrected chi connectivity index (χ3v) is 6.56. The maximum atomic E-state index is 12.4. The molecule has 4 N–H and O–H groups in total. The molecule has 0 saturated carbocycles. The van der Waals surface area contributed by atoms with Gasteiger partial charge in [0.05, 0.1) is 0 Å². The van der Waals surface area contributed by atoms with E-state index in [0.29, 0.717) is 45.1 Å². The Morgan fingerprint density at radius 1 is 0.738 bits per heavy atom. The molecule has 42 heavy (non-hydrogen) atoms. The Kier molecular flexibility index (Phi) is 27.5. The van der Waals surface area contributed by atoms with Gasteiger partial charge in [-0.1, -0.05) is 94.2 Å². The van der Waals surface area contributed by atoms with Crippen LogP contribution in [0.15, 0.2) is 60.8 Å². The smallest absolute Gasteiger partial charge is 0.326 e. The van der Waals surface area contributed by atoms with E-state index in [9.17, 15) is 19.5 Å². The molecule has 0 heterocycles. The Hall–Kier alpha value is -2.93. The van der Waals surface area contributed by atoms with E-state index in [1.165, 1.54) is 0 Å². The number of nitrogens with one attached hydrogen (secondary N) is 1. The summed E-state index contributed by atoms with van der Waals surface area (Å²) < 4.78 is 5.77. The summed E-state index contributed by atoms with van der Waals surface area (Å²) in [5.74, 6) is -1.44. The number of carbonyl (C=O) groups is 3. The van der Waals surface area contributed by atoms with Crippen molar-refractivity contribution in [1.29, 1.82) is 0 Å². The highest BCUT2D eigenvalue weighted by atomic mass is 16.5. The Morgan fingerprint density at radius 2 is 1.38 bits per heavy atom. The van der Waals surface area contributed by atoms with Crippen LogP contribution < -0.4 is 11.1 Å². The Balaban J connectivity index is 4.31. The van der Waals surface area contributed by atoms with E-state index in [1.54, 1.807) is 0 Å². The topological polar surface area (TPSA) is 119 Å². The van der Waals surface area contributed by atoms with Crippen LogP contribution in [0.2, 0.25) is 0 Å². The predicted octanol–water partition coefficient (Wildman–Crippen LogP) is 7.88. The molecule has 0 radical (unpaired) electrons. The number of unbranched alkanes of at least 4 members (excludes halogenated alkanes) is 5. The molecular formula is C35H58N2O5. The molecule has 0 aromatic rings. The molecule has 1 amide bonds. The van der Waals surface area contributed by atoms with Gasteiger partial charge in [0, 0.05) is 12.8 Å². The molecule has 2 unspecified atom stereocenters. The minimum atomic E-state index is -1.03. The van der Waals surface area contributed by atoms with Crippen LogP contribution in [0.3, 0.4) is 0 Å². The molecule has 0 aliphatic heterocycles. The lowest BCUT2D eigenvalue weighted by molar-refractivity contribution is -0.147. The van der Waals surface area contributed by atoms with Crippen LogP contribution in [-0.2, 0) is 19.1 Å².